The van der Waals surface area contributed by atoms with Gasteiger partial charge in [-0.25, -0.2) is 0 Å². The van der Waals surface area contributed by atoms with Gasteiger partial charge in [0, 0.05) is 6.42 Å². The number of ether oxygens (including phenoxy) is 1. The number of unbranched alkanes of at least 4 members (excludes halogenated alkanes) is 9. The summed E-state index contributed by atoms with van der Waals surface area (Å²) in [6.45, 7) is 5.28. The van der Waals surface area contributed by atoms with E-state index in [1.165, 1.54) is 64.2 Å². The molecule has 0 radical (unpaired) electrons. The molecule has 1 aromatic heterocycles. The quantitative estimate of drug-likeness (QED) is 0.297. The number of nitrogens with zero attached hydrogens (tertiary/aromatic N) is 2. The van der Waals surface area contributed by atoms with Crippen LogP contribution in [0.1, 0.15) is 89.5 Å². The van der Waals surface area contributed by atoms with Crippen LogP contribution in [0.4, 0.5) is 0 Å². The molecule has 0 atom stereocenters. The van der Waals surface area contributed by atoms with E-state index in [9.17, 15) is 0 Å². The first-order chi connectivity index (χ1) is 13.3. The number of aryl methyl sites for hydroxylation is 1. The summed E-state index contributed by atoms with van der Waals surface area (Å²) in [6.07, 6.45) is 15.3. The summed E-state index contributed by atoms with van der Waals surface area (Å²) in [5.74, 6) is 0.941. The fourth-order valence-corrected chi connectivity index (χ4v) is 4.09. The van der Waals surface area contributed by atoms with E-state index in [1.54, 1.807) is 11.3 Å². The molecule has 0 N–H and O–H groups in total. The summed E-state index contributed by atoms with van der Waals surface area (Å²) < 4.78 is 6.08. The molecule has 3 nitrogen and oxygen atoms in total. The molecule has 2 rings (SSSR count). The highest BCUT2D eigenvalue weighted by atomic mass is 32.1. The lowest BCUT2D eigenvalue weighted by Crippen LogP contribution is -1.98. The van der Waals surface area contributed by atoms with Gasteiger partial charge in [-0.3, -0.25) is 0 Å². The Morgan fingerprint density at radius 1 is 0.778 bits per heavy atom. The lowest BCUT2D eigenvalue weighted by atomic mass is 10.1. The van der Waals surface area contributed by atoms with Crippen LogP contribution in [0, 0.1) is 0 Å². The number of rotatable bonds is 15. The molecule has 0 amide bonds. The van der Waals surface area contributed by atoms with Gasteiger partial charge in [0.05, 0.1) is 12.2 Å². The van der Waals surface area contributed by atoms with E-state index in [0.29, 0.717) is 0 Å². The molecule has 0 aliphatic rings. The minimum Gasteiger partial charge on any atom is -0.493 e. The van der Waals surface area contributed by atoms with Gasteiger partial charge >= 0.3 is 0 Å². The number of hydrogen-bond acceptors (Lipinski definition) is 4. The highest BCUT2D eigenvalue weighted by Gasteiger charge is 2.11. The van der Waals surface area contributed by atoms with Crippen molar-refractivity contribution < 1.29 is 4.74 Å². The van der Waals surface area contributed by atoms with E-state index in [1.807, 2.05) is 6.07 Å². The number of aromatic nitrogens is 2. The predicted octanol–water partition coefficient (Wildman–Crippen LogP) is 7.46. The second kappa shape index (κ2) is 13.7. The molecule has 0 unspecified atom stereocenters. The molecule has 4 heteroatoms. The van der Waals surface area contributed by atoms with Gasteiger partial charge < -0.3 is 4.74 Å². The van der Waals surface area contributed by atoms with Crippen LogP contribution in [0.25, 0.3) is 10.6 Å². The second-order valence-corrected chi connectivity index (χ2v) is 8.34. The zero-order chi connectivity index (χ0) is 19.2. The van der Waals surface area contributed by atoms with Gasteiger partial charge in [-0.05, 0) is 25.0 Å². The van der Waals surface area contributed by atoms with Gasteiger partial charge in [-0.2, -0.15) is 0 Å². The Labute approximate surface area is 169 Å². The lowest BCUT2D eigenvalue weighted by Gasteiger charge is -2.09. The lowest BCUT2D eigenvalue weighted by molar-refractivity contribution is 0.305. The Morgan fingerprint density at radius 2 is 1.44 bits per heavy atom. The maximum Gasteiger partial charge on any atom is 0.151 e. The Bertz CT molecular complexity index is 626. The van der Waals surface area contributed by atoms with Gasteiger partial charge in [-0.1, -0.05) is 95.1 Å². The van der Waals surface area contributed by atoms with Crippen LogP contribution in [-0.4, -0.2) is 16.8 Å². The van der Waals surface area contributed by atoms with E-state index >= 15 is 0 Å². The van der Waals surface area contributed by atoms with Crippen LogP contribution in [0.5, 0.6) is 5.75 Å². The van der Waals surface area contributed by atoms with Crippen molar-refractivity contribution in [1.29, 1.82) is 0 Å². The molecule has 0 aliphatic heterocycles. The number of benzene rings is 1. The van der Waals surface area contributed by atoms with Gasteiger partial charge in [0.25, 0.3) is 0 Å². The summed E-state index contributed by atoms with van der Waals surface area (Å²) in [5, 5.41) is 10.9. The molecule has 0 spiro atoms. The van der Waals surface area contributed by atoms with Crippen molar-refractivity contribution in [3.63, 3.8) is 0 Å². The molecule has 0 saturated heterocycles. The smallest absolute Gasteiger partial charge is 0.151 e. The highest BCUT2D eigenvalue weighted by molar-refractivity contribution is 7.14. The normalized spacial score (nSPS) is 11.0. The van der Waals surface area contributed by atoms with Crippen LogP contribution in [0.3, 0.4) is 0 Å². The predicted molar refractivity (Wildman–Crippen MR) is 117 cm³/mol. The van der Waals surface area contributed by atoms with Gasteiger partial charge in [0.15, 0.2) is 5.01 Å². The van der Waals surface area contributed by atoms with E-state index in [-0.39, 0.29) is 0 Å². The van der Waals surface area contributed by atoms with Crippen molar-refractivity contribution in [2.45, 2.75) is 90.9 Å². The van der Waals surface area contributed by atoms with Crippen LogP contribution in [0.15, 0.2) is 24.3 Å². The average molecular weight is 389 g/mol. The zero-order valence-electron chi connectivity index (χ0n) is 17.2. The van der Waals surface area contributed by atoms with Crippen LogP contribution in [0.2, 0.25) is 0 Å². The van der Waals surface area contributed by atoms with Gasteiger partial charge in [-0.15, -0.1) is 10.2 Å². The van der Waals surface area contributed by atoms with Crippen LogP contribution >= 0.6 is 11.3 Å². The highest BCUT2D eigenvalue weighted by Crippen LogP contribution is 2.32. The Balaban J connectivity index is 1.75. The third-order valence-electron chi connectivity index (χ3n) is 4.83. The number of hydrogen-bond donors (Lipinski definition) is 0. The van der Waals surface area contributed by atoms with Crippen LogP contribution < -0.4 is 4.74 Å². The van der Waals surface area contributed by atoms with E-state index < -0.39 is 0 Å². The Hall–Kier alpha value is -1.42. The first-order valence-electron chi connectivity index (χ1n) is 10.9. The van der Waals surface area contributed by atoms with Crippen molar-refractivity contribution in [2.75, 3.05) is 6.61 Å². The van der Waals surface area contributed by atoms with Crippen molar-refractivity contribution in [3.05, 3.63) is 29.3 Å². The monoisotopic (exact) mass is 388 g/mol. The Morgan fingerprint density at radius 3 is 2.22 bits per heavy atom. The summed E-state index contributed by atoms with van der Waals surface area (Å²) in [6, 6.07) is 8.24. The molecule has 0 saturated carbocycles. The SMILES string of the molecule is CCCCCCCCCCOc1ccccc1-c1nnc(CCCCC)s1. The van der Waals surface area contributed by atoms with Crippen molar-refractivity contribution in [1.82, 2.24) is 10.2 Å². The summed E-state index contributed by atoms with van der Waals surface area (Å²) in [5.41, 5.74) is 1.08. The molecular formula is C23H36N2OS. The topological polar surface area (TPSA) is 35.0 Å². The first kappa shape index (κ1) is 21.9. The molecule has 0 fully saturated rings. The minimum atomic E-state index is 0.786. The van der Waals surface area contributed by atoms with Crippen molar-refractivity contribution >= 4 is 11.3 Å². The van der Waals surface area contributed by atoms with Gasteiger partial charge in [0.2, 0.25) is 0 Å². The first-order valence-corrected chi connectivity index (χ1v) is 11.7. The maximum absolute atomic E-state index is 6.08. The molecule has 27 heavy (non-hydrogen) atoms. The third-order valence-corrected chi connectivity index (χ3v) is 5.85. The Kier molecular flexibility index (Phi) is 11.1. The zero-order valence-corrected chi connectivity index (χ0v) is 18.0. The van der Waals surface area contributed by atoms with E-state index in [4.69, 9.17) is 4.74 Å². The molecule has 0 aliphatic carbocycles. The summed E-state index contributed by atoms with van der Waals surface area (Å²) in [7, 11) is 0. The molecule has 1 aromatic carbocycles. The molecule has 150 valence electrons. The largest absolute Gasteiger partial charge is 0.493 e. The van der Waals surface area contributed by atoms with E-state index in [2.05, 4.69) is 42.2 Å². The second-order valence-electron chi connectivity index (χ2n) is 7.28. The molecule has 2 aromatic rings. The molecule has 1 heterocycles. The molecule has 0 bridgehead atoms. The summed E-state index contributed by atoms with van der Waals surface area (Å²) >= 11 is 1.71. The maximum atomic E-state index is 6.08. The fourth-order valence-electron chi connectivity index (χ4n) is 3.18. The van der Waals surface area contributed by atoms with Gasteiger partial charge in [0.1, 0.15) is 10.8 Å². The van der Waals surface area contributed by atoms with Crippen LogP contribution in [-0.2, 0) is 6.42 Å². The minimum absolute atomic E-state index is 0.786. The molecular weight excluding hydrogens is 352 g/mol. The van der Waals surface area contributed by atoms with E-state index in [0.717, 1.165) is 40.8 Å². The summed E-state index contributed by atoms with van der Waals surface area (Å²) in [4.78, 5) is 0. The van der Waals surface area contributed by atoms with Crippen molar-refractivity contribution in [3.8, 4) is 16.3 Å². The standard InChI is InChI=1S/C23H36N2OS/c1-3-5-7-8-9-10-11-15-19-26-21-17-14-13-16-20(21)23-25-24-22(27-23)18-12-6-4-2/h13-14,16-17H,3-12,15,18-19H2,1-2H3. The average Bonchev–Trinajstić information content (AvgIpc) is 3.16. The number of para-hydroxylation sites is 1. The fraction of sp³-hybridized carbons (Fsp3) is 0.652. The third kappa shape index (κ3) is 8.42. The van der Waals surface area contributed by atoms with Crippen molar-refractivity contribution in [2.24, 2.45) is 0 Å².